The average molecular weight is 415 g/mol. The lowest BCUT2D eigenvalue weighted by Gasteiger charge is -2.37. The van der Waals surface area contributed by atoms with Crippen molar-refractivity contribution in [2.45, 2.75) is 6.55 Å². The second kappa shape index (κ2) is 7.49. The zero-order valence-electron chi connectivity index (χ0n) is 17.9. The highest BCUT2D eigenvalue weighted by molar-refractivity contribution is 7.10. The number of nitrogens with zero attached hydrogens (tertiary/aromatic N) is 3. The number of morpholine rings is 1. The molecular formula is C25H28N3OSi+. The molecule has 2 aromatic carbocycles. The Bertz CT molecular complexity index is 1110. The predicted molar refractivity (Wildman–Crippen MR) is 128 cm³/mol. The Morgan fingerprint density at radius 1 is 1.00 bits per heavy atom. The van der Waals surface area contributed by atoms with E-state index >= 15 is 0 Å². The standard InChI is InChI=1S/C25H28N3OSi/c1-27(2)19-9-11-22-24(17-19)30(3,21-7-5-4-6-8-21)25-18-20(10-12-23(25)26-22)28-13-15-29-16-14-28/h4-12,17-18H,13-16H2,1-3H3/q+1. The molecule has 1 fully saturated rings. The molecule has 2 heterocycles. The number of anilines is 1. The van der Waals surface area contributed by atoms with Gasteiger partial charge in [0.15, 0.2) is 26.9 Å². The van der Waals surface area contributed by atoms with Crippen molar-refractivity contribution in [1.82, 2.24) is 0 Å². The monoisotopic (exact) mass is 414 g/mol. The van der Waals surface area contributed by atoms with Gasteiger partial charge in [-0.2, -0.15) is 0 Å². The van der Waals surface area contributed by atoms with Gasteiger partial charge in [-0.05, 0) is 39.8 Å². The van der Waals surface area contributed by atoms with Crippen LogP contribution in [0.4, 0.5) is 11.4 Å². The van der Waals surface area contributed by atoms with E-state index in [9.17, 15) is 0 Å². The molecule has 5 heteroatoms. The molecule has 0 spiro atoms. The number of ether oxygens (including phenoxy) is 1. The van der Waals surface area contributed by atoms with Gasteiger partial charge in [0, 0.05) is 31.9 Å². The van der Waals surface area contributed by atoms with Crippen LogP contribution in [0.25, 0.3) is 0 Å². The van der Waals surface area contributed by atoms with Gasteiger partial charge in [-0.25, -0.2) is 9.57 Å². The number of hydrogen-bond acceptors (Lipinski definition) is 3. The molecule has 2 aliphatic heterocycles. The third-order valence-corrected chi connectivity index (χ3v) is 11.0. The molecule has 4 nitrogen and oxygen atoms in total. The van der Waals surface area contributed by atoms with Gasteiger partial charge in [-0.15, -0.1) is 0 Å². The number of fused-ring (bicyclic) bond motifs is 2. The first-order valence-corrected chi connectivity index (χ1v) is 13.1. The largest absolute Gasteiger partial charge is 0.378 e. The number of rotatable bonds is 2. The van der Waals surface area contributed by atoms with E-state index in [1.165, 1.54) is 27.0 Å². The molecule has 1 atom stereocenters. The van der Waals surface area contributed by atoms with E-state index < -0.39 is 8.07 Å². The van der Waals surface area contributed by atoms with E-state index in [2.05, 4.69) is 96.9 Å². The van der Waals surface area contributed by atoms with E-state index in [1.54, 1.807) is 0 Å². The maximum atomic E-state index is 5.57. The van der Waals surface area contributed by atoms with Crippen LogP contribution in [0.3, 0.4) is 0 Å². The summed E-state index contributed by atoms with van der Waals surface area (Å²) in [7, 11) is 2.00. The van der Waals surface area contributed by atoms with Gasteiger partial charge in [0.1, 0.15) is 13.2 Å². The molecule has 0 bridgehead atoms. The second-order valence-electron chi connectivity index (χ2n) is 8.50. The summed E-state index contributed by atoms with van der Waals surface area (Å²) >= 11 is 0. The van der Waals surface area contributed by atoms with Crippen LogP contribution in [0.15, 0.2) is 76.9 Å². The molecule has 1 unspecified atom stereocenters. The highest BCUT2D eigenvalue weighted by Gasteiger charge is 2.44. The summed E-state index contributed by atoms with van der Waals surface area (Å²) in [5, 5.41) is 4.23. The number of benzene rings is 2. The fraction of sp³-hybridized carbons (Fsp3) is 0.280. The van der Waals surface area contributed by atoms with Gasteiger partial charge in [0.25, 0.3) is 0 Å². The third kappa shape index (κ3) is 3.09. The van der Waals surface area contributed by atoms with Crippen molar-refractivity contribution in [3.8, 4) is 0 Å². The summed E-state index contributed by atoms with van der Waals surface area (Å²) in [6.45, 7) is 5.97. The van der Waals surface area contributed by atoms with E-state index in [-0.39, 0.29) is 0 Å². The van der Waals surface area contributed by atoms with Gasteiger partial charge in [-0.1, -0.05) is 36.9 Å². The van der Waals surface area contributed by atoms with Crippen molar-refractivity contribution in [3.05, 3.63) is 72.0 Å². The second-order valence-corrected chi connectivity index (χ2v) is 12.4. The Hall–Kier alpha value is -2.76. The summed E-state index contributed by atoms with van der Waals surface area (Å²) in [5.74, 6) is 0. The molecule has 2 aromatic rings. The van der Waals surface area contributed by atoms with E-state index in [4.69, 9.17) is 9.73 Å². The minimum absolute atomic E-state index is 0.796. The number of aliphatic imine (C=N–C) groups is 1. The Morgan fingerprint density at radius 3 is 2.50 bits per heavy atom. The van der Waals surface area contributed by atoms with Gasteiger partial charge in [0.05, 0.1) is 11.4 Å². The van der Waals surface area contributed by atoms with Crippen molar-refractivity contribution in [2.24, 2.45) is 4.99 Å². The molecule has 0 amide bonds. The molecule has 0 aromatic heterocycles. The lowest BCUT2D eigenvalue weighted by molar-refractivity contribution is -0.547. The smallest absolute Gasteiger partial charge is 0.200 e. The molecule has 0 saturated carbocycles. The van der Waals surface area contributed by atoms with Crippen molar-refractivity contribution in [3.63, 3.8) is 0 Å². The van der Waals surface area contributed by atoms with Crippen LogP contribution in [0.1, 0.15) is 0 Å². The molecular weight excluding hydrogens is 386 g/mol. The average Bonchev–Trinajstić information content (AvgIpc) is 2.80. The minimum Gasteiger partial charge on any atom is -0.378 e. The number of allylic oxidation sites excluding steroid dienone is 4. The molecule has 152 valence electrons. The summed E-state index contributed by atoms with van der Waals surface area (Å²) in [4.78, 5) is 7.27. The first-order chi connectivity index (χ1) is 14.6. The summed E-state index contributed by atoms with van der Waals surface area (Å²) in [5.41, 5.74) is 4.75. The Kier molecular flexibility index (Phi) is 4.80. The van der Waals surface area contributed by atoms with Crippen molar-refractivity contribution in [2.75, 3.05) is 45.3 Å². The van der Waals surface area contributed by atoms with Crippen LogP contribution in [0.2, 0.25) is 6.55 Å². The zero-order valence-corrected chi connectivity index (χ0v) is 18.9. The molecule has 30 heavy (non-hydrogen) atoms. The first-order valence-electron chi connectivity index (χ1n) is 10.6. The third-order valence-electron chi connectivity index (χ3n) is 6.52. The van der Waals surface area contributed by atoms with Gasteiger partial charge < -0.3 is 9.64 Å². The fourth-order valence-electron chi connectivity index (χ4n) is 4.70. The van der Waals surface area contributed by atoms with Crippen LogP contribution in [0, 0.1) is 0 Å². The van der Waals surface area contributed by atoms with Crippen molar-refractivity contribution >= 4 is 41.2 Å². The van der Waals surface area contributed by atoms with E-state index in [0.717, 1.165) is 37.7 Å². The SMILES string of the molecule is CN(C)c1ccc2c(c1)[Si](C)(c1ccccc1)C1=CC(=[N+]3CCOCC3)C=CC1=N2. The predicted octanol–water partition coefficient (Wildman–Crippen LogP) is 2.55. The minimum atomic E-state index is -2.20. The normalized spacial score (nSPS) is 22.8. The van der Waals surface area contributed by atoms with E-state index in [1.807, 2.05) is 0 Å². The quantitative estimate of drug-likeness (QED) is 0.429. The molecule has 3 aliphatic rings. The van der Waals surface area contributed by atoms with Crippen LogP contribution >= 0.6 is 0 Å². The molecule has 1 saturated heterocycles. The van der Waals surface area contributed by atoms with Gasteiger partial charge in [-0.3, -0.25) is 0 Å². The summed E-state index contributed by atoms with van der Waals surface area (Å²) in [6.07, 6.45) is 6.86. The van der Waals surface area contributed by atoms with Crippen LogP contribution < -0.4 is 15.3 Å². The molecule has 1 aliphatic carbocycles. The Balaban J connectivity index is 1.75. The van der Waals surface area contributed by atoms with Crippen molar-refractivity contribution < 1.29 is 9.31 Å². The summed E-state index contributed by atoms with van der Waals surface area (Å²) in [6, 6.07) is 17.8. The lowest BCUT2D eigenvalue weighted by Crippen LogP contribution is -2.61. The van der Waals surface area contributed by atoms with Crippen molar-refractivity contribution in [1.29, 1.82) is 0 Å². The number of hydrogen-bond donors (Lipinski definition) is 0. The maximum Gasteiger partial charge on any atom is 0.200 e. The highest BCUT2D eigenvalue weighted by atomic mass is 28.3. The summed E-state index contributed by atoms with van der Waals surface area (Å²) < 4.78 is 8.01. The Labute approximate surface area is 179 Å². The van der Waals surface area contributed by atoms with Crippen LogP contribution in [-0.4, -0.2) is 64.5 Å². The lowest BCUT2D eigenvalue weighted by atomic mass is 10.1. The Morgan fingerprint density at radius 2 is 1.77 bits per heavy atom. The molecule has 0 N–H and O–H groups in total. The zero-order chi connectivity index (χ0) is 20.7. The molecule has 5 rings (SSSR count). The van der Waals surface area contributed by atoms with Crippen LogP contribution in [-0.2, 0) is 4.74 Å². The van der Waals surface area contributed by atoms with Gasteiger partial charge >= 0.3 is 0 Å². The maximum absolute atomic E-state index is 5.57. The molecule has 0 radical (unpaired) electrons. The fourth-order valence-corrected chi connectivity index (χ4v) is 8.65. The van der Waals surface area contributed by atoms with Gasteiger partial charge in [0.2, 0.25) is 0 Å². The highest BCUT2D eigenvalue weighted by Crippen LogP contribution is 2.32. The first kappa shape index (κ1) is 19.2. The van der Waals surface area contributed by atoms with Crippen LogP contribution in [0.5, 0.6) is 0 Å². The topological polar surface area (TPSA) is 27.8 Å². The van der Waals surface area contributed by atoms with E-state index in [0.29, 0.717) is 0 Å².